The van der Waals surface area contributed by atoms with Gasteiger partial charge in [0.2, 0.25) is 5.27 Å². The zero-order valence-corrected chi connectivity index (χ0v) is 19.0. The lowest BCUT2D eigenvalue weighted by atomic mass is 10.1. The first-order valence-electron chi connectivity index (χ1n) is 8.08. The molecule has 140 valence electrons. The number of carbonyl (C=O) groups is 1. The number of nitrogens with one attached hydrogen (secondary N) is 2. The minimum Gasteiger partial charge on any atom is -0.307 e. The molecular weight excluding hydrogens is 544 g/mol. The van der Waals surface area contributed by atoms with Gasteiger partial charge < -0.3 is 5.32 Å². The predicted molar refractivity (Wildman–Crippen MR) is 114 cm³/mol. The second-order valence-electron chi connectivity index (χ2n) is 5.88. The van der Waals surface area contributed by atoms with E-state index in [1.165, 1.54) is 5.56 Å². The van der Waals surface area contributed by atoms with E-state index in [-0.39, 0.29) is 11.9 Å². The van der Waals surface area contributed by atoms with E-state index in [4.69, 9.17) is 4.52 Å². The first-order chi connectivity index (χ1) is 12.9. The molecule has 0 aliphatic carbocycles. The number of anilines is 2. The standard InChI is InChI=1S/C18H15Br3N4O2/c1-11(9-12-5-3-2-4-6-12)25-16(21)17(27-24-25)23-18(26)22-15-8-7-13(19)10-14(15)20/h2-8,10-11H,9H2,1H3,(H-,22,23,24,26)/p+1/t11-/m1/s1. The third kappa shape index (κ3) is 5.18. The molecule has 9 heteroatoms. The zero-order chi connectivity index (χ0) is 19.4. The first-order valence-corrected chi connectivity index (χ1v) is 10.5. The average Bonchev–Trinajstić information content (AvgIpc) is 2.99. The molecule has 0 bridgehead atoms. The normalized spacial score (nSPS) is 11.9. The lowest BCUT2D eigenvalue weighted by Crippen LogP contribution is -2.41. The highest BCUT2D eigenvalue weighted by Gasteiger charge is 2.28. The number of carbonyl (C=O) groups excluding carboxylic acids is 1. The molecule has 27 heavy (non-hydrogen) atoms. The predicted octanol–water partition coefficient (Wildman–Crippen LogP) is 5.70. The lowest BCUT2D eigenvalue weighted by molar-refractivity contribution is -0.790. The third-order valence-corrected chi connectivity index (χ3v) is 5.68. The van der Waals surface area contributed by atoms with Crippen LogP contribution >= 0.6 is 47.8 Å². The molecule has 0 radical (unpaired) electrons. The number of benzene rings is 2. The van der Waals surface area contributed by atoms with E-state index >= 15 is 0 Å². The Balaban J connectivity index is 1.66. The Morgan fingerprint density at radius 1 is 1.15 bits per heavy atom. The van der Waals surface area contributed by atoms with Crippen molar-refractivity contribution >= 4 is 65.4 Å². The molecule has 1 atom stereocenters. The summed E-state index contributed by atoms with van der Waals surface area (Å²) >= 11 is 10.2. The molecule has 2 amide bonds. The highest BCUT2D eigenvalue weighted by Crippen LogP contribution is 2.26. The summed E-state index contributed by atoms with van der Waals surface area (Å²) in [6, 6.07) is 15.2. The van der Waals surface area contributed by atoms with Gasteiger partial charge in [0.1, 0.15) is 0 Å². The van der Waals surface area contributed by atoms with Crippen molar-refractivity contribution in [2.45, 2.75) is 19.4 Å². The molecule has 0 aliphatic heterocycles. The average molecular weight is 560 g/mol. The van der Waals surface area contributed by atoms with Crippen molar-refractivity contribution < 1.29 is 14.0 Å². The first kappa shape index (κ1) is 20.0. The number of hydrogen-bond donors (Lipinski definition) is 2. The molecule has 0 aliphatic rings. The second-order valence-corrected chi connectivity index (χ2v) is 8.40. The number of hydrogen-bond acceptors (Lipinski definition) is 3. The van der Waals surface area contributed by atoms with Crippen LogP contribution in [0.1, 0.15) is 18.5 Å². The molecule has 0 saturated carbocycles. The summed E-state index contributed by atoms with van der Waals surface area (Å²) in [6.45, 7) is 2.03. The van der Waals surface area contributed by atoms with Crippen LogP contribution in [0.15, 0.2) is 66.6 Å². The van der Waals surface area contributed by atoms with Gasteiger partial charge in [-0.2, -0.15) is 0 Å². The summed E-state index contributed by atoms with van der Waals surface area (Å²) in [4.78, 5) is 12.3. The molecule has 3 aromatic rings. The molecule has 0 unspecified atom stereocenters. The number of amides is 2. The lowest BCUT2D eigenvalue weighted by Gasteiger charge is -2.07. The number of urea groups is 1. The highest BCUT2D eigenvalue weighted by atomic mass is 79.9. The van der Waals surface area contributed by atoms with Crippen molar-refractivity contribution in [3.8, 4) is 0 Å². The SMILES string of the molecule is C[C@H](Cc1ccccc1)[n+]1noc(NC(=O)Nc2ccc(Br)cc2Br)c1Br. The van der Waals surface area contributed by atoms with Gasteiger partial charge in [-0.15, -0.1) is 0 Å². The van der Waals surface area contributed by atoms with E-state index in [1.807, 2.05) is 37.3 Å². The summed E-state index contributed by atoms with van der Waals surface area (Å²) in [7, 11) is 0. The van der Waals surface area contributed by atoms with Crippen molar-refractivity contribution in [3.05, 3.63) is 67.6 Å². The van der Waals surface area contributed by atoms with Gasteiger partial charge in [-0.3, -0.25) is 9.84 Å². The minimum absolute atomic E-state index is 0.0461. The number of nitrogens with zero attached hydrogens (tertiary/aromatic N) is 2. The van der Waals surface area contributed by atoms with Crippen molar-refractivity contribution in [2.24, 2.45) is 0 Å². The van der Waals surface area contributed by atoms with Gasteiger partial charge in [0.25, 0.3) is 0 Å². The Kier molecular flexibility index (Phi) is 6.67. The Labute approximate surface area is 181 Å². The minimum atomic E-state index is -0.433. The number of rotatable bonds is 5. The molecular formula is C18H16Br3N4O2+. The van der Waals surface area contributed by atoms with E-state index in [0.717, 1.165) is 15.4 Å². The third-order valence-electron chi connectivity index (χ3n) is 3.81. The summed E-state index contributed by atoms with van der Waals surface area (Å²) in [5.74, 6) is 0.237. The molecule has 2 N–H and O–H groups in total. The summed E-state index contributed by atoms with van der Waals surface area (Å²) in [5, 5.41) is 9.45. The van der Waals surface area contributed by atoms with Crippen molar-refractivity contribution in [3.63, 3.8) is 0 Å². The fraction of sp³-hybridized carbons (Fsp3) is 0.167. The van der Waals surface area contributed by atoms with Gasteiger partial charge in [-0.25, -0.2) is 4.79 Å². The fourth-order valence-corrected chi connectivity index (χ4v) is 4.23. The van der Waals surface area contributed by atoms with Gasteiger partial charge in [0.05, 0.1) is 5.69 Å². The van der Waals surface area contributed by atoms with E-state index < -0.39 is 6.03 Å². The zero-order valence-electron chi connectivity index (χ0n) is 14.2. The molecule has 3 rings (SSSR count). The van der Waals surface area contributed by atoms with E-state index in [9.17, 15) is 4.79 Å². The Morgan fingerprint density at radius 2 is 1.89 bits per heavy atom. The fourth-order valence-electron chi connectivity index (χ4n) is 2.50. The molecule has 1 heterocycles. The van der Waals surface area contributed by atoms with Crippen LogP contribution in [0.5, 0.6) is 0 Å². The van der Waals surface area contributed by atoms with Crippen LogP contribution in [0.3, 0.4) is 0 Å². The van der Waals surface area contributed by atoms with Crippen LogP contribution in [0.4, 0.5) is 16.4 Å². The van der Waals surface area contributed by atoms with Crippen molar-refractivity contribution in [1.82, 2.24) is 5.27 Å². The summed E-state index contributed by atoms with van der Waals surface area (Å²) in [6.07, 6.45) is 0.786. The van der Waals surface area contributed by atoms with Gasteiger partial charge in [-0.05, 0) is 44.4 Å². The monoisotopic (exact) mass is 557 g/mol. The summed E-state index contributed by atoms with van der Waals surface area (Å²) in [5.41, 5.74) is 1.83. The van der Waals surface area contributed by atoms with Gasteiger partial charge in [-0.1, -0.05) is 46.3 Å². The molecule has 6 nitrogen and oxygen atoms in total. The Morgan fingerprint density at radius 3 is 2.59 bits per heavy atom. The van der Waals surface area contributed by atoms with Crippen molar-refractivity contribution in [1.29, 1.82) is 0 Å². The molecule has 1 aromatic heterocycles. The Bertz CT molecular complexity index is 947. The van der Waals surface area contributed by atoms with Crippen molar-refractivity contribution in [2.75, 3.05) is 10.6 Å². The maximum Gasteiger partial charge on any atom is 0.340 e. The van der Waals surface area contributed by atoms with E-state index in [1.54, 1.807) is 10.7 Å². The van der Waals surface area contributed by atoms with Gasteiger partial charge in [0.15, 0.2) is 6.04 Å². The maximum absolute atomic E-state index is 12.3. The van der Waals surface area contributed by atoms with E-state index in [0.29, 0.717) is 10.3 Å². The summed E-state index contributed by atoms with van der Waals surface area (Å²) < 4.78 is 9.21. The topological polar surface area (TPSA) is 71.0 Å². The molecule has 0 spiro atoms. The Hall–Kier alpha value is -1.71. The van der Waals surface area contributed by atoms with Crippen LogP contribution in [0.2, 0.25) is 0 Å². The largest absolute Gasteiger partial charge is 0.340 e. The smallest absolute Gasteiger partial charge is 0.307 e. The quantitative estimate of drug-likeness (QED) is 0.394. The molecule has 0 saturated heterocycles. The number of aromatic nitrogens is 2. The molecule has 0 fully saturated rings. The van der Waals surface area contributed by atoms with Crippen LogP contribution in [-0.2, 0) is 6.42 Å². The molecule has 2 aromatic carbocycles. The van der Waals surface area contributed by atoms with Crippen LogP contribution < -0.4 is 15.3 Å². The second kappa shape index (κ2) is 8.99. The maximum atomic E-state index is 12.3. The van der Waals surface area contributed by atoms with Crippen LogP contribution in [-0.4, -0.2) is 11.3 Å². The highest BCUT2D eigenvalue weighted by molar-refractivity contribution is 9.11. The number of halogens is 3. The van der Waals surface area contributed by atoms with Crippen LogP contribution in [0, 0.1) is 0 Å². The van der Waals surface area contributed by atoms with Gasteiger partial charge >= 0.3 is 16.5 Å². The van der Waals surface area contributed by atoms with Crippen LogP contribution in [0.25, 0.3) is 0 Å². The van der Waals surface area contributed by atoms with E-state index in [2.05, 4.69) is 75.8 Å². The van der Waals surface area contributed by atoms with Gasteiger partial charge in [0, 0.05) is 38.2 Å².